The van der Waals surface area contributed by atoms with Crippen LogP contribution in [-0.4, -0.2) is 19.9 Å². The molecule has 0 aromatic heterocycles. The fourth-order valence-electron chi connectivity index (χ4n) is 3.95. The van der Waals surface area contributed by atoms with E-state index in [1.807, 2.05) is 6.07 Å². The van der Waals surface area contributed by atoms with Gasteiger partial charge in [0.1, 0.15) is 0 Å². The van der Waals surface area contributed by atoms with Crippen LogP contribution in [0.15, 0.2) is 30.4 Å². The van der Waals surface area contributed by atoms with Gasteiger partial charge in [-0.05, 0) is 61.8 Å². The van der Waals surface area contributed by atoms with Crippen LogP contribution in [0.5, 0.6) is 11.5 Å². The zero-order chi connectivity index (χ0) is 13.7. The second kappa shape index (κ2) is 4.26. The van der Waals surface area contributed by atoms with Crippen molar-refractivity contribution in [2.45, 2.75) is 31.7 Å². The van der Waals surface area contributed by atoms with Crippen molar-refractivity contribution in [2.75, 3.05) is 13.8 Å². The monoisotopic (exact) mass is 271 g/mol. The van der Waals surface area contributed by atoms with Crippen molar-refractivity contribution in [2.24, 2.45) is 11.3 Å². The summed E-state index contributed by atoms with van der Waals surface area (Å²) in [6, 6.07) is 6.84. The van der Waals surface area contributed by atoms with E-state index in [-0.39, 0.29) is 0 Å². The van der Waals surface area contributed by atoms with E-state index in [4.69, 9.17) is 9.47 Å². The Morgan fingerprint density at radius 1 is 1.35 bits per heavy atom. The van der Waals surface area contributed by atoms with Crippen LogP contribution in [0.4, 0.5) is 0 Å². The van der Waals surface area contributed by atoms with Gasteiger partial charge in [-0.25, -0.2) is 0 Å². The van der Waals surface area contributed by atoms with Crippen molar-refractivity contribution in [3.8, 4) is 11.5 Å². The predicted molar refractivity (Wildman–Crippen MR) is 78.0 cm³/mol. The number of allylic oxidation sites excluding steroid dienone is 1. The van der Waals surface area contributed by atoms with E-state index in [0.717, 1.165) is 23.8 Å². The molecule has 0 amide bonds. The molecular formula is C17H21NO2. The molecule has 1 aromatic carbocycles. The highest BCUT2D eigenvalue weighted by atomic mass is 16.7. The van der Waals surface area contributed by atoms with Gasteiger partial charge >= 0.3 is 0 Å². The van der Waals surface area contributed by atoms with Crippen LogP contribution in [0.2, 0.25) is 0 Å². The first-order valence-electron chi connectivity index (χ1n) is 7.47. The molecule has 2 aliphatic carbocycles. The summed E-state index contributed by atoms with van der Waals surface area (Å²) in [5.41, 5.74) is 3.29. The minimum atomic E-state index is 0.347. The van der Waals surface area contributed by atoms with Crippen molar-refractivity contribution < 1.29 is 9.47 Å². The van der Waals surface area contributed by atoms with Crippen molar-refractivity contribution in [3.05, 3.63) is 35.9 Å². The Balaban J connectivity index is 1.51. The minimum absolute atomic E-state index is 0.347. The quantitative estimate of drug-likeness (QED) is 0.854. The lowest BCUT2D eigenvalue weighted by Crippen LogP contribution is -2.46. The number of fused-ring (bicyclic) bond motifs is 1. The Morgan fingerprint density at radius 2 is 2.15 bits per heavy atom. The van der Waals surface area contributed by atoms with Gasteiger partial charge in [0.15, 0.2) is 11.5 Å². The van der Waals surface area contributed by atoms with Crippen molar-refractivity contribution in [1.29, 1.82) is 0 Å². The fourth-order valence-corrected chi connectivity index (χ4v) is 3.95. The molecular weight excluding hydrogens is 250 g/mol. The molecule has 106 valence electrons. The van der Waals surface area contributed by atoms with Crippen molar-refractivity contribution in [3.63, 3.8) is 0 Å². The highest BCUT2D eigenvalue weighted by Crippen LogP contribution is 2.68. The van der Waals surface area contributed by atoms with Crippen LogP contribution in [0.3, 0.4) is 0 Å². The van der Waals surface area contributed by atoms with Gasteiger partial charge < -0.3 is 14.8 Å². The SMILES string of the molecule is C=C1CC(C(Cc2ccc3c(c2)OCO3)NC)C12CC2. The van der Waals surface area contributed by atoms with E-state index in [0.29, 0.717) is 18.2 Å². The van der Waals surface area contributed by atoms with Gasteiger partial charge in [-0.1, -0.05) is 18.2 Å². The zero-order valence-corrected chi connectivity index (χ0v) is 11.9. The number of benzene rings is 1. The average Bonchev–Trinajstić information content (AvgIpc) is 3.18. The molecule has 2 saturated carbocycles. The number of hydrogen-bond acceptors (Lipinski definition) is 3. The Morgan fingerprint density at radius 3 is 2.85 bits per heavy atom. The lowest BCUT2D eigenvalue weighted by atomic mass is 9.62. The second-order valence-corrected chi connectivity index (χ2v) is 6.36. The molecule has 0 radical (unpaired) electrons. The second-order valence-electron chi connectivity index (χ2n) is 6.36. The molecule has 1 aliphatic heterocycles. The molecule has 2 fully saturated rings. The summed E-state index contributed by atoms with van der Waals surface area (Å²) in [6.07, 6.45) is 4.93. The maximum atomic E-state index is 5.47. The van der Waals surface area contributed by atoms with Crippen LogP contribution in [-0.2, 0) is 6.42 Å². The number of likely N-dealkylation sites (N-methyl/N-ethyl adjacent to an activating group) is 1. The highest BCUT2D eigenvalue weighted by Gasteiger charge is 2.60. The van der Waals surface area contributed by atoms with E-state index in [1.165, 1.54) is 30.4 Å². The normalized spacial score (nSPS) is 26.4. The van der Waals surface area contributed by atoms with Gasteiger partial charge in [0.25, 0.3) is 0 Å². The van der Waals surface area contributed by atoms with E-state index in [9.17, 15) is 0 Å². The van der Waals surface area contributed by atoms with Gasteiger partial charge in [0.05, 0.1) is 0 Å². The summed E-state index contributed by atoms with van der Waals surface area (Å²) < 4.78 is 10.8. The van der Waals surface area contributed by atoms with Crippen LogP contribution < -0.4 is 14.8 Å². The summed E-state index contributed by atoms with van der Waals surface area (Å²) in [7, 11) is 2.08. The summed E-state index contributed by atoms with van der Waals surface area (Å²) in [6.45, 7) is 4.58. The molecule has 3 nitrogen and oxygen atoms in total. The highest BCUT2D eigenvalue weighted by molar-refractivity contribution is 5.45. The molecule has 0 bridgehead atoms. The molecule has 2 unspecified atom stereocenters. The van der Waals surface area contributed by atoms with Gasteiger partial charge in [0, 0.05) is 6.04 Å². The summed E-state index contributed by atoms with van der Waals surface area (Å²) in [4.78, 5) is 0. The van der Waals surface area contributed by atoms with Crippen molar-refractivity contribution in [1.82, 2.24) is 5.32 Å². The third-order valence-corrected chi connectivity index (χ3v) is 5.42. The fraction of sp³-hybridized carbons (Fsp3) is 0.529. The van der Waals surface area contributed by atoms with Gasteiger partial charge in [-0.3, -0.25) is 0 Å². The molecule has 0 saturated heterocycles. The topological polar surface area (TPSA) is 30.5 Å². The maximum absolute atomic E-state index is 5.47. The number of hydrogen-bond donors (Lipinski definition) is 1. The zero-order valence-electron chi connectivity index (χ0n) is 11.9. The molecule has 3 aliphatic rings. The lowest BCUT2D eigenvalue weighted by molar-refractivity contribution is 0.173. The number of rotatable bonds is 4. The third kappa shape index (κ3) is 1.69. The minimum Gasteiger partial charge on any atom is -0.454 e. The summed E-state index contributed by atoms with van der Waals surface area (Å²) in [5.74, 6) is 2.51. The summed E-state index contributed by atoms with van der Waals surface area (Å²) in [5, 5.41) is 3.52. The van der Waals surface area contributed by atoms with E-state index in [2.05, 4.69) is 31.1 Å². The van der Waals surface area contributed by atoms with E-state index in [1.54, 1.807) is 0 Å². The molecule has 1 N–H and O–H groups in total. The predicted octanol–water partition coefficient (Wildman–Crippen LogP) is 2.90. The van der Waals surface area contributed by atoms with Gasteiger partial charge in [-0.15, -0.1) is 0 Å². The molecule has 20 heavy (non-hydrogen) atoms. The van der Waals surface area contributed by atoms with E-state index < -0.39 is 0 Å². The van der Waals surface area contributed by atoms with Crippen LogP contribution in [0, 0.1) is 11.3 Å². The Bertz CT molecular complexity index is 562. The number of nitrogens with one attached hydrogen (secondary N) is 1. The van der Waals surface area contributed by atoms with Gasteiger partial charge in [-0.2, -0.15) is 0 Å². The van der Waals surface area contributed by atoms with Crippen molar-refractivity contribution >= 4 is 0 Å². The maximum Gasteiger partial charge on any atom is 0.231 e. The van der Waals surface area contributed by atoms with Gasteiger partial charge in [0.2, 0.25) is 6.79 Å². The average molecular weight is 271 g/mol. The Hall–Kier alpha value is -1.48. The number of ether oxygens (including phenoxy) is 2. The Labute approximate surface area is 120 Å². The first-order chi connectivity index (χ1) is 9.73. The van der Waals surface area contributed by atoms with Crippen LogP contribution in [0.1, 0.15) is 24.8 Å². The largest absolute Gasteiger partial charge is 0.454 e. The molecule has 1 aromatic rings. The van der Waals surface area contributed by atoms with E-state index >= 15 is 0 Å². The Kier molecular flexibility index (Phi) is 2.61. The summed E-state index contributed by atoms with van der Waals surface area (Å²) >= 11 is 0. The standard InChI is InChI=1S/C17H21NO2/c1-11-7-13(17(11)5-6-17)14(18-2)8-12-3-4-15-16(9-12)20-10-19-15/h3-4,9,13-14,18H,1,5-8,10H2,2H3. The first kappa shape index (κ1) is 12.3. The smallest absolute Gasteiger partial charge is 0.231 e. The molecule has 1 spiro atoms. The molecule has 2 atom stereocenters. The first-order valence-corrected chi connectivity index (χ1v) is 7.47. The van der Waals surface area contributed by atoms with Crippen LogP contribution >= 0.6 is 0 Å². The molecule has 1 heterocycles. The molecule has 4 rings (SSSR count). The van der Waals surface area contributed by atoms with Crippen LogP contribution in [0.25, 0.3) is 0 Å². The lowest BCUT2D eigenvalue weighted by Gasteiger charge is -2.45. The molecule has 3 heteroatoms. The third-order valence-electron chi connectivity index (χ3n) is 5.42.